The molecule has 1 aliphatic heterocycles. The Bertz CT molecular complexity index is 247. The number of carboxylic acids is 1. The Balaban J connectivity index is 2.11. The predicted molar refractivity (Wildman–Crippen MR) is 47.5 cm³/mol. The average molecular weight is 184 g/mol. The van der Waals surface area contributed by atoms with E-state index in [0.29, 0.717) is 12.3 Å². The molecule has 0 spiro atoms. The van der Waals surface area contributed by atoms with Gasteiger partial charge >= 0.3 is 5.97 Å². The van der Waals surface area contributed by atoms with Crippen molar-refractivity contribution in [3.63, 3.8) is 0 Å². The number of rotatable bonds is 2. The van der Waals surface area contributed by atoms with Crippen molar-refractivity contribution in [2.45, 2.75) is 50.7 Å². The van der Waals surface area contributed by atoms with Crippen LogP contribution in [0.25, 0.3) is 0 Å². The molecule has 0 amide bonds. The Labute approximate surface area is 78.1 Å². The number of hydrogen-bond donors (Lipinski definition) is 1. The fourth-order valence-electron chi connectivity index (χ4n) is 2.24. The summed E-state index contributed by atoms with van der Waals surface area (Å²) in [6.07, 6.45) is 3.94. The summed E-state index contributed by atoms with van der Waals surface area (Å²) in [4.78, 5) is 10.9. The first-order chi connectivity index (χ1) is 5.96. The fourth-order valence-corrected chi connectivity index (χ4v) is 2.24. The van der Waals surface area contributed by atoms with Crippen LogP contribution in [0.3, 0.4) is 0 Å². The zero-order chi connectivity index (χ0) is 9.69. The second-order valence-corrected chi connectivity index (χ2v) is 4.73. The molecule has 2 unspecified atom stereocenters. The van der Waals surface area contributed by atoms with Gasteiger partial charge in [-0.25, -0.2) is 4.79 Å². The second-order valence-electron chi connectivity index (χ2n) is 4.73. The number of hydrogen-bond acceptors (Lipinski definition) is 2. The average Bonchev–Trinajstić information content (AvgIpc) is 2.80. The fraction of sp³-hybridized carbons (Fsp3) is 0.900. The molecule has 2 atom stereocenters. The molecule has 0 aromatic heterocycles. The van der Waals surface area contributed by atoms with Crippen LogP contribution in [0.15, 0.2) is 0 Å². The lowest BCUT2D eigenvalue weighted by molar-refractivity contribution is -0.171. The van der Waals surface area contributed by atoms with Gasteiger partial charge in [0.05, 0.1) is 5.60 Å². The third kappa shape index (κ3) is 1.35. The molecule has 74 valence electrons. The molecule has 3 heteroatoms. The number of aliphatic carboxylic acids is 1. The smallest absolute Gasteiger partial charge is 0.335 e. The van der Waals surface area contributed by atoms with Crippen LogP contribution in [0.2, 0.25) is 0 Å². The van der Waals surface area contributed by atoms with E-state index in [9.17, 15) is 4.79 Å². The molecular weight excluding hydrogens is 168 g/mol. The third-order valence-electron chi connectivity index (χ3n) is 3.45. The van der Waals surface area contributed by atoms with Gasteiger partial charge in [-0.1, -0.05) is 0 Å². The molecule has 0 aromatic carbocycles. The standard InChI is InChI=1S/C10H16O3/c1-9(7-3-4-7)5-6-10(2,13-9)8(11)12/h7H,3-6H2,1-2H3,(H,11,12). The topological polar surface area (TPSA) is 46.5 Å². The third-order valence-corrected chi connectivity index (χ3v) is 3.45. The Morgan fingerprint density at radius 3 is 2.38 bits per heavy atom. The van der Waals surface area contributed by atoms with Crippen molar-refractivity contribution in [2.75, 3.05) is 0 Å². The highest BCUT2D eigenvalue weighted by Crippen LogP contribution is 2.51. The molecule has 1 saturated heterocycles. The van der Waals surface area contributed by atoms with Gasteiger partial charge in [0.15, 0.2) is 5.60 Å². The van der Waals surface area contributed by atoms with Crippen LogP contribution >= 0.6 is 0 Å². The van der Waals surface area contributed by atoms with Gasteiger partial charge in [-0.2, -0.15) is 0 Å². The highest BCUT2D eigenvalue weighted by molar-refractivity contribution is 5.77. The Morgan fingerprint density at radius 1 is 1.38 bits per heavy atom. The highest BCUT2D eigenvalue weighted by atomic mass is 16.6. The lowest BCUT2D eigenvalue weighted by atomic mass is 9.94. The maximum atomic E-state index is 10.9. The summed E-state index contributed by atoms with van der Waals surface area (Å²) in [5, 5.41) is 8.98. The summed E-state index contributed by atoms with van der Waals surface area (Å²) in [6, 6.07) is 0. The van der Waals surface area contributed by atoms with Crippen molar-refractivity contribution in [1.29, 1.82) is 0 Å². The molecule has 1 saturated carbocycles. The van der Waals surface area contributed by atoms with E-state index in [1.54, 1.807) is 6.92 Å². The van der Waals surface area contributed by atoms with Crippen molar-refractivity contribution in [3.8, 4) is 0 Å². The van der Waals surface area contributed by atoms with E-state index in [0.717, 1.165) is 6.42 Å². The highest BCUT2D eigenvalue weighted by Gasteiger charge is 2.54. The summed E-state index contributed by atoms with van der Waals surface area (Å²) < 4.78 is 5.72. The van der Waals surface area contributed by atoms with Gasteiger partial charge in [0.1, 0.15) is 0 Å². The SMILES string of the molecule is CC1(C(=O)O)CCC(C)(C2CC2)O1. The minimum atomic E-state index is -0.933. The Morgan fingerprint density at radius 2 is 2.00 bits per heavy atom. The van der Waals surface area contributed by atoms with E-state index in [1.165, 1.54) is 12.8 Å². The van der Waals surface area contributed by atoms with Gasteiger partial charge in [0.2, 0.25) is 0 Å². The van der Waals surface area contributed by atoms with Gasteiger partial charge in [-0.05, 0) is 45.4 Å². The lowest BCUT2D eigenvalue weighted by Gasteiger charge is -2.27. The van der Waals surface area contributed by atoms with Crippen LogP contribution in [0.1, 0.15) is 39.5 Å². The van der Waals surface area contributed by atoms with Crippen LogP contribution in [-0.4, -0.2) is 22.3 Å². The zero-order valence-corrected chi connectivity index (χ0v) is 8.17. The summed E-state index contributed by atoms with van der Waals surface area (Å²) in [7, 11) is 0. The molecule has 1 aliphatic carbocycles. The lowest BCUT2D eigenvalue weighted by Crippen LogP contribution is -2.39. The van der Waals surface area contributed by atoms with Crippen LogP contribution < -0.4 is 0 Å². The van der Waals surface area contributed by atoms with Gasteiger partial charge in [-0.15, -0.1) is 0 Å². The van der Waals surface area contributed by atoms with Gasteiger partial charge < -0.3 is 9.84 Å². The molecule has 0 bridgehead atoms. The first kappa shape index (κ1) is 9.00. The first-order valence-electron chi connectivity index (χ1n) is 4.90. The van der Waals surface area contributed by atoms with Crippen LogP contribution in [0.5, 0.6) is 0 Å². The van der Waals surface area contributed by atoms with E-state index in [-0.39, 0.29) is 5.60 Å². The van der Waals surface area contributed by atoms with Crippen LogP contribution in [0.4, 0.5) is 0 Å². The van der Waals surface area contributed by atoms with Crippen molar-refractivity contribution >= 4 is 5.97 Å². The minimum absolute atomic E-state index is 0.160. The zero-order valence-electron chi connectivity index (χ0n) is 8.17. The summed E-state index contributed by atoms with van der Waals surface area (Å²) in [6.45, 7) is 3.74. The Kier molecular flexibility index (Phi) is 1.71. The monoisotopic (exact) mass is 184 g/mol. The van der Waals surface area contributed by atoms with Crippen LogP contribution in [0, 0.1) is 5.92 Å². The largest absolute Gasteiger partial charge is 0.479 e. The molecule has 2 fully saturated rings. The minimum Gasteiger partial charge on any atom is -0.479 e. The van der Waals surface area contributed by atoms with E-state index in [1.807, 2.05) is 0 Å². The number of carboxylic acid groups (broad SMARTS) is 1. The molecule has 13 heavy (non-hydrogen) atoms. The van der Waals surface area contributed by atoms with Gasteiger partial charge in [0, 0.05) is 0 Å². The molecule has 0 aromatic rings. The van der Waals surface area contributed by atoms with Crippen molar-refractivity contribution in [2.24, 2.45) is 5.92 Å². The normalized spacial score (nSPS) is 45.1. The van der Waals surface area contributed by atoms with E-state index < -0.39 is 11.6 Å². The van der Waals surface area contributed by atoms with E-state index >= 15 is 0 Å². The molecule has 2 rings (SSSR count). The van der Waals surface area contributed by atoms with E-state index in [2.05, 4.69) is 6.92 Å². The van der Waals surface area contributed by atoms with Gasteiger partial charge in [0.25, 0.3) is 0 Å². The van der Waals surface area contributed by atoms with Crippen molar-refractivity contribution < 1.29 is 14.6 Å². The summed E-state index contributed by atoms with van der Waals surface area (Å²) >= 11 is 0. The van der Waals surface area contributed by atoms with Gasteiger partial charge in [-0.3, -0.25) is 0 Å². The number of carbonyl (C=O) groups is 1. The van der Waals surface area contributed by atoms with Crippen LogP contribution in [-0.2, 0) is 9.53 Å². The molecule has 3 nitrogen and oxygen atoms in total. The summed E-state index contributed by atoms with van der Waals surface area (Å²) in [5.41, 5.74) is -1.09. The Hall–Kier alpha value is -0.570. The molecule has 1 heterocycles. The van der Waals surface area contributed by atoms with Crippen molar-refractivity contribution in [3.05, 3.63) is 0 Å². The number of ether oxygens (including phenoxy) is 1. The second kappa shape index (κ2) is 2.47. The molecule has 2 aliphatic rings. The molecule has 0 radical (unpaired) electrons. The molecular formula is C10H16O3. The summed E-state index contributed by atoms with van der Waals surface area (Å²) in [5.74, 6) is -0.217. The quantitative estimate of drug-likeness (QED) is 0.712. The predicted octanol–water partition coefficient (Wildman–Crippen LogP) is 1.81. The van der Waals surface area contributed by atoms with Crippen molar-refractivity contribution in [1.82, 2.24) is 0 Å². The molecule has 1 N–H and O–H groups in total. The van der Waals surface area contributed by atoms with E-state index in [4.69, 9.17) is 9.84 Å². The maximum absolute atomic E-state index is 10.9. The first-order valence-corrected chi connectivity index (χ1v) is 4.90. The maximum Gasteiger partial charge on any atom is 0.335 e.